The molecule has 2 heterocycles. The van der Waals surface area contributed by atoms with Crippen LogP contribution in [-0.2, 0) is 14.4 Å². The molecule has 3 amide bonds. The van der Waals surface area contributed by atoms with Crippen molar-refractivity contribution in [3.63, 3.8) is 0 Å². The SMILES string of the molecule is Cc1cccc(NC(=O)CC(c2ccc(C)o2)N2C(=O)C3C4C=CC(C4)C3C2=O)c1. The Bertz CT molecular complexity index is 1040. The molecule has 0 spiro atoms. The predicted octanol–water partition coefficient (Wildman–Crippen LogP) is 3.77. The lowest BCUT2D eigenvalue weighted by molar-refractivity contribution is -0.144. The summed E-state index contributed by atoms with van der Waals surface area (Å²) in [5.41, 5.74) is 1.72. The highest BCUT2D eigenvalue weighted by Crippen LogP contribution is 2.54. The zero-order valence-electron chi connectivity index (χ0n) is 17.0. The summed E-state index contributed by atoms with van der Waals surface area (Å²) in [5.74, 6) is 0.177. The summed E-state index contributed by atoms with van der Waals surface area (Å²) >= 11 is 0. The smallest absolute Gasteiger partial charge is 0.234 e. The van der Waals surface area contributed by atoms with Crippen molar-refractivity contribution < 1.29 is 18.8 Å². The monoisotopic (exact) mass is 404 g/mol. The number of carbonyl (C=O) groups excluding carboxylic acids is 3. The molecule has 1 aliphatic heterocycles. The molecule has 2 aliphatic carbocycles. The minimum absolute atomic E-state index is 0.0411. The van der Waals surface area contributed by atoms with Crippen LogP contribution in [0.5, 0.6) is 0 Å². The van der Waals surface area contributed by atoms with Gasteiger partial charge < -0.3 is 9.73 Å². The maximum absolute atomic E-state index is 13.3. The zero-order valence-corrected chi connectivity index (χ0v) is 17.0. The van der Waals surface area contributed by atoms with Gasteiger partial charge in [0.1, 0.15) is 17.6 Å². The molecule has 1 aromatic carbocycles. The average molecular weight is 404 g/mol. The number of furan rings is 1. The van der Waals surface area contributed by atoms with Crippen LogP contribution in [0.15, 0.2) is 53.0 Å². The Morgan fingerprint density at radius 1 is 1.10 bits per heavy atom. The summed E-state index contributed by atoms with van der Waals surface area (Å²) in [6.07, 6.45) is 4.97. The van der Waals surface area contributed by atoms with Crippen LogP contribution in [0.1, 0.15) is 36.0 Å². The molecule has 0 radical (unpaired) electrons. The standard InChI is InChI=1S/C24H24N2O4/c1-13-4-3-5-17(10-13)25-20(27)12-18(19-9-6-14(2)30-19)26-23(28)21-15-7-8-16(11-15)22(21)24(26)29/h3-10,15-16,18,21-22H,11-12H2,1-2H3,(H,25,27). The van der Waals surface area contributed by atoms with E-state index in [1.54, 1.807) is 19.1 Å². The number of rotatable bonds is 5. The summed E-state index contributed by atoms with van der Waals surface area (Å²) in [7, 11) is 0. The van der Waals surface area contributed by atoms with E-state index in [0.717, 1.165) is 12.0 Å². The largest absolute Gasteiger partial charge is 0.464 e. The molecular weight excluding hydrogens is 380 g/mol. The molecule has 1 saturated heterocycles. The van der Waals surface area contributed by atoms with Crippen LogP contribution in [0.3, 0.4) is 0 Å². The first-order valence-electron chi connectivity index (χ1n) is 10.4. The van der Waals surface area contributed by atoms with Gasteiger partial charge in [0, 0.05) is 5.69 Å². The lowest BCUT2D eigenvalue weighted by atomic mass is 9.85. The molecule has 3 aliphatic rings. The number of hydrogen-bond acceptors (Lipinski definition) is 4. The van der Waals surface area contributed by atoms with Crippen LogP contribution >= 0.6 is 0 Å². The molecule has 1 saturated carbocycles. The molecule has 154 valence electrons. The van der Waals surface area contributed by atoms with Crippen molar-refractivity contribution in [1.29, 1.82) is 0 Å². The zero-order chi connectivity index (χ0) is 21.0. The number of allylic oxidation sites excluding steroid dienone is 2. The number of hydrogen-bond donors (Lipinski definition) is 1. The minimum Gasteiger partial charge on any atom is -0.464 e. The Kier molecular flexibility index (Phi) is 4.38. The highest BCUT2D eigenvalue weighted by molar-refractivity contribution is 6.07. The lowest BCUT2D eigenvalue weighted by Crippen LogP contribution is -2.38. The minimum atomic E-state index is -0.742. The molecule has 2 fully saturated rings. The van der Waals surface area contributed by atoms with E-state index in [1.807, 2.05) is 31.2 Å². The van der Waals surface area contributed by atoms with Crippen LogP contribution in [0.2, 0.25) is 0 Å². The van der Waals surface area contributed by atoms with Gasteiger partial charge in [-0.1, -0.05) is 24.3 Å². The number of nitrogens with zero attached hydrogens (tertiary/aromatic N) is 1. The predicted molar refractivity (Wildman–Crippen MR) is 110 cm³/mol. The van der Waals surface area contributed by atoms with Gasteiger partial charge >= 0.3 is 0 Å². The number of carbonyl (C=O) groups is 3. The van der Waals surface area contributed by atoms with Crippen molar-refractivity contribution in [2.45, 2.75) is 32.7 Å². The van der Waals surface area contributed by atoms with E-state index in [-0.39, 0.29) is 47.8 Å². The summed E-state index contributed by atoms with van der Waals surface area (Å²) in [6.45, 7) is 3.76. The van der Waals surface area contributed by atoms with Gasteiger partial charge in [0.15, 0.2) is 0 Å². The van der Waals surface area contributed by atoms with E-state index in [4.69, 9.17) is 4.42 Å². The number of anilines is 1. The summed E-state index contributed by atoms with van der Waals surface area (Å²) in [6, 6.07) is 10.3. The first-order chi connectivity index (χ1) is 14.4. The van der Waals surface area contributed by atoms with Crippen molar-refractivity contribution in [2.24, 2.45) is 23.7 Å². The molecule has 5 rings (SSSR count). The maximum Gasteiger partial charge on any atom is 0.234 e. The van der Waals surface area contributed by atoms with E-state index < -0.39 is 6.04 Å². The molecule has 5 atom stereocenters. The Morgan fingerprint density at radius 3 is 2.40 bits per heavy atom. The highest BCUT2D eigenvalue weighted by atomic mass is 16.3. The number of amides is 3. The number of aryl methyl sites for hydroxylation is 2. The molecule has 1 aromatic heterocycles. The molecule has 5 unspecified atom stereocenters. The van der Waals surface area contributed by atoms with Gasteiger partial charge in [-0.05, 0) is 61.9 Å². The van der Waals surface area contributed by atoms with Gasteiger partial charge in [0.25, 0.3) is 0 Å². The fraction of sp³-hybridized carbons (Fsp3) is 0.375. The van der Waals surface area contributed by atoms with Gasteiger partial charge in [-0.15, -0.1) is 0 Å². The molecular formula is C24H24N2O4. The molecule has 2 bridgehead atoms. The second-order valence-electron chi connectivity index (χ2n) is 8.63. The van der Waals surface area contributed by atoms with Crippen molar-refractivity contribution in [3.05, 3.63) is 65.6 Å². The van der Waals surface area contributed by atoms with Crippen LogP contribution in [-0.4, -0.2) is 22.6 Å². The van der Waals surface area contributed by atoms with Crippen molar-refractivity contribution in [1.82, 2.24) is 4.90 Å². The fourth-order valence-corrected chi connectivity index (χ4v) is 5.29. The third-order valence-corrected chi connectivity index (χ3v) is 6.59. The van der Waals surface area contributed by atoms with E-state index >= 15 is 0 Å². The average Bonchev–Trinajstić information content (AvgIpc) is 3.45. The first kappa shape index (κ1) is 18.9. The molecule has 30 heavy (non-hydrogen) atoms. The van der Waals surface area contributed by atoms with Crippen molar-refractivity contribution in [3.8, 4) is 0 Å². The molecule has 1 N–H and O–H groups in total. The molecule has 6 heteroatoms. The van der Waals surface area contributed by atoms with E-state index in [1.165, 1.54) is 4.90 Å². The number of fused-ring (bicyclic) bond motifs is 5. The van der Waals surface area contributed by atoms with Gasteiger partial charge in [-0.25, -0.2) is 0 Å². The van der Waals surface area contributed by atoms with Crippen LogP contribution in [0.25, 0.3) is 0 Å². The number of likely N-dealkylation sites (tertiary alicyclic amines) is 1. The number of nitrogens with one attached hydrogen (secondary N) is 1. The second kappa shape index (κ2) is 6.97. The van der Waals surface area contributed by atoms with Crippen LogP contribution in [0.4, 0.5) is 5.69 Å². The third kappa shape index (κ3) is 2.98. The second-order valence-corrected chi connectivity index (χ2v) is 8.63. The Labute approximate surface area is 174 Å². The van der Waals surface area contributed by atoms with E-state index in [9.17, 15) is 14.4 Å². The quantitative estimate of drug-likeness (QED) is 0.608. The van der Waals surface area contributed by atoms with Crippen molar-refractivity contribution in [2.75, 3.05) is 5.32 Å². The third-order valence-electron chi connectivity index (χ3n) is 6.59. The number of imide groups is 1. The van der Waals surface area contributed by atoms with Gasteiger partial charge in [0.05, 0.1) is 18.3 Å². The summed E-state index contributed by atoms with van der Waals surface area (Å²) in [5, 5.41) is 2.88. The summed E-state index contributed by atoms with van der Waals surface area (Å²) < 4.78 is 5.77. The summed E-state index contributed by atoms with van der Waals surface area (Å²) in [4.78, 5) is 40.7. The normalized spacial score (nSPS) is 27.6. The first-order valence-corrected chi connectivity index (χ1v) is 10.4. The Morgan fingerprint density at radius 2 is 1.80 bits per heavy atom. The van der Waals surface area contributed by atoms with Crippen molar-refractivity contribution >= 4 is 23.4 Å². The van der Waals surface area contributed by atoms with Gasteiger partial charge in [-0.3, -0.25) is 19.3 Å². The van der Waals surface area contributed by atoms with E-state index in [2.05, 4.69) is 17.5 Å². The number of benzene rings is 1. The van der Waals surface area contributed by atoms with Crippen LogP contribution in [0, 0.1) is 37.5 Å². The highest BCUT2D eigenvalue weighted by Gasteiger charge is 2.60. The molecule has 2 aromatic rings. The molecule has 6 nitrogen and oxygen atoms in total. The van der Waals surface area contributed by atoms with Crippen LogP contribution < -0.4 is 5.32 Å². The van der Waals surface area contributed by atoms with E-state index in [0.29, 0.717) is 17.2 Å². The fourth-order valence-electron chi connectivity index (χ4n) is 5.29. The Hall–Kier alpha value is -3.15. The lowest BCUT2D eigenvalue weighted by Gasteiger charge is -2.26. The Balaban J connectivity index is 1.42. The maximum atomic E-state index is 13.3. The topological polar surface area (TPSA) is 79.6 Å². The van der Waals surface area contributed by atoms with Gasteiger partial charge in [0.2, 0.25) is 17.7 Å². The van der Waals surface area contributed by atoms with Gasteiger partial charge in [-0.2, -0.15) is 0 Å².